The molecule has 1 aromatic rings. The molecule has 0 heterocycles. The lowest BCUT2D eigenvalue weighted by Gasteiger charge is -2.15. The van der Waals surface area contributed by atoms with Crippen molar-refractivity contribution in [1.82, 2.24) is 5.32 Å². The summed E-state index contributed by atoms with van der Waals surface area (Å²) in [6.07, 6.45) is 0.882. The van der Waals surface area contributed by atoms with Gasteiger partial charge in [-0.2, -0.15) is 0 Å². The van der Waals surface area contributed by atoms with Crippen LogP contribution in [0.1, 0.15) is 25.0 Å². The van der Waals surface area contributed by atoms with Crippen molar-refractivity contribution in [3.05, 3.63) is 29.3 Å². The van der Waals surface area contributed by atoms with E-state index >= 15 is 0 Å². The van der Waals surface area contributed by atoms with E-state index in [4.69, 9.17) is 5.73 Å². The van der Waals surface area contributed by atoms with Crippen LogP contribution in [0, 0.1) is 6.92 Å². The molecular weight excluding hydrogens is 203 g/mol. The Morgan fingerprint density at radius 2 is 2.06 bits per heavy atom. The SMILES string of the molecule is Cc1c(N)cccc1CCNCC(C)(C)F. The number of nitrogens with one attached hydrogen (secondary N) is 1. The van der Waals surface area contributed by atoms with Gasteiger partial charge in [-0.15, -0.1) is 0 Å². The fraction of sp³-hybridized carbons (Fsp3) is 0.538. The van der Waals surface area contributed by atoms with Crippen LogP contribution in [-0.4, -0.2) is 18.8 Å². The molecule has 0 amide bonds. The smallest absolute Gasteiger partial charge is 0.117 e. The van der Waals surface area contributed by atoms with Crippen LogP contribution in [0.2, 0.25) is 0 Å². The van der Waals surface area contributed by atoms with Gasteiger partial charge >= 0.3 is 0 Å². The molecule has 0 saturated heterocycles. The van der Waals surface area contributed by atoms with Gasteiger partial charge in [0.1, 0.15) is 5.67 Å². The highest BCUT2D eigenvalue weighted by Gasteiger charge is 2.13. The van der Waals surface area contributed by atoms with E-state index in [-0.39, 0.29) is 0 Å². The summed E-state index contributed by atoms with van der Waals surface area (Å²) < 4.78 is 13.2. The maximum atomic E-state index is 13.2. The Morgan fingerprint density at radius 1 is 1.38 bits per heavy atom. The van der Waals surface area contributed by atoms with Crippen molar-refractivity contribution in [2.45, 2.75) is 32.9 Å². The Kier molecular flexibility index (Phi) is 4.30. The van der Waals surface area contributed by atoms with Crippen molar-refractivity contribution in [3.63, 3.8) is 0 Å². The molecule has 90 valence electrons. The van der Waals surface area contributed by atoms with Gasteiger partial charge in [0.25, 0.3) is 0 Å². The van der Waals surface area contributed by atoms with E-state index in [0.717, 1.165) is 24.2 Å². The summed E-state index contributed by atoms with van der Waals surface area (Å²) in [5.74, 6) is 0. The summed E-state index contributed by atoms with van der Waals surface area (Å²) in [4.78, 5) is 0. The minimum Gasteiger partial charge on any atom is -0.399 e. The maximum absolute atomic E-state index is 13.2. The normalized spacial score (nSPS) is 11.8. The molecule has 0 radical (unpaired) electrons. The van der Waals surface area contributed by atoms with Crippen molar-refractivity contribution < 1.29 is 4.39 Å². The number of hydrogen-bond donors (Lipinski definition) is 2. The van der Waals surface area contributed by atoms with Crippen molar-refractivity contribution in [3.8, 4) is 0 Å². The van der Waals surface area contributed by atoms with E-state index in [0.29, 0.717) is 6.54 Å². The van der Waals surface area contributed by atoms with Crippen LogP contribution >= 0.6 is 0 Å². The number of nitrogens with two attached hydrogens (primary N) is 1. The van der Waals surface area contributed by atoms with Gasteiger partial charge in [-0.3, -0.25) is 0 Å². The van der Waals surface area contributed by atoms with Crippen molar-refractivity contribution in [2.75, 3.05) is 18.8 Å². The minimum absolute atomic E-state index is 0.383. The highest BCUT2D eigenvalue weighted by molar-refractivity contribution is 5.49. The van der Waals surface area contributed by atoms with Crippen LogP contribution < -0.4 is 11.1 Å². The molecule has 0 aliphatic heterocycles. The van der Waals surface area contributed by atoms with Crippen LogP contribution in [0.3, 0.4) is 0 Å². The quantitative estimate of drug-likeness (QED) is 0.595. The first kappa shape index (κ1) is 13.0. The Labute approximate surface area is 97.0 Å². The molecule has 2 nitrogen and oxygen atoms in total. The molecule has 0 fully saturated rings. The van der Waals surface area contributed by atoms with Crippen LogP contribution in [0.25, 0.3) is 0 Å². The van der Waals surface area contributed by atoms with E-state index in [2.05, 4.69) is 11.4 Å². The van der Waals surface area contributed by atoms with Gasteiger partial charge in [0.2, 0.25) is 0 Å². The molecule has 0 bridgehead atoms. The van der Waals surface area contributed by atoms with Crippen molar-refractivity contribution in [1.29, 1.82) is 0 Å². The van der Waals surface area contributed by atoms with E-state index in [1.807, 2.05) is 19.1 Å². The molecule has 1 rings (SSSR count). The predicted molar refractivity (Wildman–Crippen MR) is 67.4 cm³/mol. The molecular formula is C13H21FN2. The fourth-order valence-electron chi connectivity index (χ4n) is 1.58. The molecule has 0 saturated carbocycles. The van der Waals surface area contributed by atoms with Gasteiger partial charge in [0.05, 0.1) is 0 Å². The Morgan fingerprint density at radius 3 is 2.69 bits per heavy atom. The predicted octanol–water partition coefficient (Wildman–Crippen LogP) is 2.46. The molecule has 16 heavy (non-hydrogen) atoms. The fourth-order valence-corrected chi connectivity index (χ4v) is 1.58. The number of nitrogen functional groups attached to an aromatic ring is 1. The van der Waals surface area contributed by atoms with Gasteiger partial charge in [-0.05, 0) is 50.9 Å². The van der Waals surface area contributed by atoms with E-state index < -0.39 is 5.67 Å². The summed E-state index contributed by atoms with van der Waals surface area (Å²) in [6, 6.07) is 5.92. The molecule has 3 N–H and O–H groups in total. The summed E-state index contributed by atoms with van der Waals surface area (Å²) in [6.45, 7) is 6.33. The van der Waals surface area contributed by atoms with Crippen molar-refractivity contribution in [2.24, 2.45) is 0 Å². The summed E-state index contributed by atoms with van der Waals surface area (Å²) in [5, 5.41) is 3.10. The first-order valence-electron chi connectivity index (χ1n) is 5.64. The maximum Gasteiger partial charge on any atom is 0.117 e. The molecule has 0 unspecified atom stereocenters. The summed E-state index contributed by atoms with van der Waals surface area (Å²) in [5.41, 5.74) is 7.84. The van der Waals surface area contributed by atoms with E-state index in [1.165, 1.54) is 5.56 Å². The Hall–Kier alpha value is -1.09. The Bertz CT molecular complexity index is 342. The number of halogens is 1. The second-order valence-corrected chi connectivity index (χ2v) is 4.78. The molecule has 3 heteroatoms. The first-order valence-corrected chi connectivity index (χ1v) is 5.64. The summed E-state index contributed by atoms with van der Waals surface area (Å²) >= 11 is 0. The third-order valence-corrected chi connectivity index (χ3v) is 2.60. The van der Waals surface area contributed by atoms with Crippen LogP contribution in [-0.2, 0) is 6.42 Å². The molecule has 0 atom stereocenters. The second kappa shape index (κ2) is 5.30. The van der Waals surface area contributed by atoms with Crippen molar-refractivity contribution >= 4 is 5.69 Å². The standard InChI is InChI=1S/C13H21FN2/c1-10-11(5-4-6-12(10)15)7-8-16-9-13(2,3)14/h4-6,16H,7-9,15H2,1-3H3. The minimum atomic E-state index is -1.15. The number of benzene rings is 1. The zero-order valence-electron chi connectivity index (χ0n) is 10.3. The number of anilines is 1. The average Bonchev–Trinajstić information content (AvgIpc) is 2.17. The highest BCUT2D eigenvalue weighted by Crippen LogP contribution is 2.15. The lowest BCUT2D eigenvalue weighted by Crippen LogP contribution is -2.32. The Balaban J connectivity index is 2.41. The van der Waals surface area contributed by atoms with Gasteiger partial charge in [-0.1, -0.05) is 12.1 Å². The third-order valence-electron chi connectivity index (χ3n) is 2.60. The zero-order valence-corrected chi connectivity index (χ0v) is 10.3. The van der Waals surface area contributed by atoms with Gasteiger partial charge in [0, 0.05) is 12.2 Å². The average molecular weight is 224 g/mol. The molecule has 1 aromatic carbocycles. The lowest BCUT2D eigenvalue weighted by molar-refractivity contribution is 0.211. The molecule has 0 aliphatic rings. The zero-order chi connectivity index (χ0) is 12.2. The van der Waals surface area contributed by atoms with Crippen LogP contribution in [0.15, 0.2) is 18.2 Å². The largest absolute Gasteiger partial charge is 0.399 e. The first-order chi connectivity index (χ1) is 7.40. The lowest BCUT2D eigenvalue weighted by atomic mass is 10.0. The number of rotatable bonds is 5. The van der Waals surface area contributed by atoms with Gasteiger partial charge < -0.3 is 11.1 Å². The van der Waals surface area contributed by atoms with Crippen LogP contribution in [0.5, 0.6) is 0 Å². The topological polar surface area (TPSA) is 38.0 Å². The number of alkyl halides is 1. The molecule has 0 aromatic heterocycles. The monoisotopic (exact) mass is 224 g/mol. The van der Waals surface area contributed by atoms with Gasteiger partial charge in [-0.25, -0.2) is 4.39 Å². The summed E-state index contributed by atoms with van der Waals surface area (Å²) in [7, 11) is 0. The van der Waals surface area contributed by atoms with Crippen LogP contribution in [0.4, 0.5) is 10.1 Å². The van der Waals surface area contributed by atoms with Gasteiger partial charge in [0.15, 0.2) is 0 Å². The number of hydrogen-bond acceptors (Lipinski definition) is 2. The third kappa shape index (κ3) is 4.19. The van der Waals surface area contributed by atoms with E-state index in [9.17, 15) is 4.39 Å². The second-order valence-electron chi connectivity index (χ2n) is 4.78. The highest BCUT2D eigenvalue weighted by atomic mass is 19.1. The molecule has 0 aliphatic carbocycles. The van der Waals surface area contributed by atoms with E-state index in [1.54, 1.807) is 13.8 Å². The molecule has 0 spiro atoms.